The molecule has 0 aliphatic carbocycles. The molecule has 0 aromatic carbocycles. The van der Waals surface area contributed by atoms with Gasteiger partial charge in [-0.25, -0.2) is 4.79 Å². The van der Waals surface area contributed by atoms with Crippen LogP contribution in [-0.2, 0) is 14.3 Å². The Balaban J connectivity index is 1.74. The van der Waals surface area contributed by atoms with E-state index in [9.17, 15) is 9.59 Å². The van der Waals surface area contributed by atoms with Gasteiger partial charge in [-0.1, -0.05) is 6.07 Å². The molecule has 21 heavy (non-hydrogen) atoms. The molecule has 110 valence electrons. The Morgan fingerprint density at radius 2 is 2.38 bits per heavy atom. The topological polar surface area (TPSA) is 99.0 Å². The van der Waals surface area contributed by atoms with Gasteiger partial charge in [0, 0.05) is 0 Å². The number of nitrogens with one attached hydrogen (secondary N) is 1. The highest BCUT2D eigenvalue weighted by Gasteiger charge is 2.34. The van der Waals surface area contributed by atoms with Gasteiger partial charge >= 0.3 is 5.97 Å². The minimum Gasteiger partial charge on any atom is -0.467 e. The maximum Gasteiger partial charge on any atom is 0.328 e. The number of rotatable bonds is 3. The first-order valence-corrected chi connectivity index (χ1v) is 7.28. The van der Waals surface area contributed by atoms with Crippen molar-refractivity contribution in [1.29, 1.82) is 0 Å². The summed E-state index contributed by atoms with van der Waals surface area (Å²) in [6.45, 7) is 0. The smallest absolute Gasteiger partial charge is 0.328 e. The second-order valence-electron chi connectivity index (χ2n) is 4.59. The molecule has 1 amide bonds. The number of hydrogen-bond donors (Lipinski definition) is 1. The minimum atomic E-state index is -0.598. The lowest BCUT2D eigenvalue weighted by atomic mass is 10.0. The lowest BCUT2D eigenvalue weighted by molar-refractivity contribution is -0.147. The molecule has 2 atom stereocenters. The van der Waals surface area contributed by atoms with Crippen molar-refractivity contribution in [3.05, 3.63) is 17.5 Å². The van der Waals surface area contributed by atoms with E-state index in [1.165, 1.54) is 23.2 Å². The molecule has 1 aliphatic rings. The number of nitrogens with zero attached hydrogens (tertiary/aromatic N) is 4. The molecule has 0 saturated carbocycles. The molecule has 2 aromatic heterocycles. The molecule has 0 radical (unpaired) electrons. The number of ether oxygens (including phenoxy) is 1. The fraction of sp³-hybridized carbons (Fsp3) is 0.417. The molecule has 2 aromatic rings. The molecule has 2 unspecified atom stereocenters. The molecular formula is C12H13N5O3S. The molecule has 1 N–H and O–H groups in total. The van der Waals surface area contributed by atoms with Crippen LogP contribution in [0.25, 0.3) is 10.7 Å². The van der Waals surface area contributed by atoms with E-state index >= 15 is 0 Å². The first kappa shape index (κ1) is 13.7. The Hall–Kier alpha value is -2.29. The number of carbonyl (C=O) groups is 2. The predicted octanol–water partition coefficient (Wildman–Crippen LogP) is 0.394. The number of carbonyl (C=O) groups excluding carboxylic acids is 2. The van der Waals surface area contributed by atoms with Crippen molar-refractivity contribution in [2.24, 2.45) is 0 Å². The second-order valence-corrected chi connectivity index (χ2v) is 5.54. The average molecular weight is 307 g/mol. The van der Waals surface area contributed by atoms with Crippen LogP contribution < -0.4 is 5.32 Å². The molecule has 9 heteroatoms. The molecule has 3 rings (SSSR count). The van der Waals surface area contributed by atoms with Gasteiger partial charge in [-0.2, -0.15) is 4.80 Å². The molecule has 3 heterocycles. The Morgan fingerprint density at radius 1 is 1.52 bits per heavy atom. The number of methoxy groups -OCH3 is 1. The zero-order chi connectivity index (χ0) is 14.8. The highest BCUT2D eigenvalue weighted by Crippen LogP contribution is 2.23. The van der Waals surface area contributed by atoms with Crippen LogP contribution in [-0.4, -0.2) is 45.2 Å². The number of tetrazole rings is 1. The Bertz CT molecular complexity index is 654. The molecule has 0 bridgehead atoms. The van der Waals surface area contributed by atoms with Crippen LogP contribution in [0.2, 0.25) is 0 Å². The largest absolute Gasteiger partial charge is 0.467 e. The zero-order valence-electron chi connectivity index (χ0n) is 11.2. The Labute approximate surface area is 124 Å². The third-order valence-corrected chi connectivity index (χ3v) is 4.15. The number of piperidine rings is 1. The van der Waals surface area contributed by atoms with Gasteiger partial charge in [0.2, 0.25) is 11.7 Å². The Morgan fingerprint density at radius 3 is 3.05 bits per heavy atom. The maximum absolute atomic E-state index is 12.1. The quantitative estimate of drug-likeness (QED) is 0.824. The predicted molar refractivity (Wildman–Crippen MR) is 73.3 cm³/mol. The highest BCUT2D eigenvalue weighted by molar-refractivity contribution is 7.13. The maximum atomic E-state index is 12.1. The average Bonchev–Trinajstić information content (AvgIpc) is 3.16. The fourth-order valence-corrected chi connectivity index (χ4v) is 2.84. The van der Waals surface area contributed by atoms with E-state index in [0.717, 1.165) is 4.88 Å². The first-order valence-electron chi connectivity index (χ1n) is 6.40. The van der Waals surface area contributed by atoms with Crippen LogP contribution in [0.3, 0.4) is 0 Å². The van der Waals surface area contributed by atoms with E-state index in [4.69, 9.17) is 0 Å². The van der Waals surface area contributed by atoms with Gasteiger partial charge in [0.15, 0.2) is 6.04 Å². The lowest BCUT2D eigenvalue weighted by Crippen LogP contribution is -2.49. The summed E-state index contributed by atoms with van der Waals surface area (Å²) in [5.74, 6) is -0.243. The zero-order valence-corrected chi connectivity index (χ0v) is 12.0. The summed E-state index contributed by atoms with van der Waals surface area (Å²) >= 11 is 1.50. The third kappa shape index (κ3) is 2.64. The van der Waals surface area contributed by atoms with E-state index in [-0.39, 0.29) is 5.91 Å². The summed E-state index contributed by atoms with van der Waals surface area (Å²) in [7, 11) is 1.30. The number of hydrogen-bond acceptors (Lipinski definition) is 7. The van der Waals surface area contributed by atoms with Crippen LogP contribution in [0.15, 0.2) is 17.5 Å². The molecule has 1 saturated heterocycles. The summed E-state index contributed by atoms with van der Waals surface area (Å²) in [6.07, 6.45) is 0.949. The van der Waals surface area contributed by atoms with Crippen LogP contribution in [0.5, 0.6) is 0 Å². The summed E-state index contributed by atoms with van der Waals surface area (Å²) in [6, 6.07) is 2.64. The number of thiophene rings is 1. The van der Waals surface area contributed by atoms with Gasteiger partial charge in [-0.15, -0.1) is 21.5 Å². The standard InChI is InChI=1S/C12H13N5O3S/c1-20-12(19)7-4-5-8(11(18)13-7)17-15-10(14-16-17)9-3-2-6-21-9/h2-3,6-8H,4-5H2,1H3,(H,13,18). The first-order chi connectivity index (χ1) is 10.2. The second kappa shape index (κ2) is 5.60. The molecular weight excluding hydrogens is 294 g/mol. The summed E-state index contributed by atoms with van der Waals surface area (Å²) in [5, 5.41) is 16.7. The van der Waals surface area contributed by atoms with Crippen molar-refractivity contribution < 1.29 is 14.3 Å². The van der Waals surface area contributed by atoms with Gasteiger partial charge in [-0.3, -0.25) is 4.79 Å². The fourth-order valence-electron chi connectivity index (χ4n) is 2.20. The van der Waals surface area contributed by atoms with E-state index in [1.807, 2.05) is 17.5 Å². The number of aromatic nitrogens is 4. The van der Waals surface area contributed by atoms with Crippen LogP contribution in [0.1, 0.15) is 18.9 Å². The van der Waals surface area contributed by atoms with Gasteiger partial charge in [0.1, 0.15) is 6.04 Å². The van der Waals surface area contributed by atoms with Crippen molar-refractivity contribution in [2.45, 2.75) is 24.9 Å². The number of esters is 1. The van der Waals surface area contributed by atoms with Gasteiger partial charge in [-0.05, 0) is 29.5 Å². The van der Waals surface area contributed by atoms with Crippen LogP contribution in [0.4, 0.5) is 0 Å². The summed E-state index contributed by atoms with van der Waals surface area (Å²) in [5.41, 5.74) is 0. The van der Waals surface area contributed by atoms with Crippen molar-refractivity contribution in [2.75, 3.05) is 7.11 Å². The SMILES string of the molecule is COC(=O)C1CCC(n2nnc(-c3cccs3)n2)C(=O)N1. The van der Waals surface area contributed by atoms with Gasteiger partial charge in [0.05, 0.1) is 12.0 Å². The molecule has 1 fully saturated rings. The van der Waals surface area contributed by atoms with E-state index in [2.05, 4.69) is 25.5 Å². The van der Waals surface area contributed by atoms with E-state index < -0.39 is 18.1 Å². The van der Waals surface area contributed by atoms with Crippen LogP contribution in [0, 0.1) is 0 Å². The van der Waals surface area contributed by atoms with Crippen molar-refractivity contribution in [3.63, 3.8) is 0 Å². The Kier molecular flexibility index (Phi) is 3.65. The van der Waals surface area contributed by atoms with Crippen molar-refractivity contribution >= 4 is 23.2 Å². The molecule has 0 spiro atoms. The third-order valence-electron chi connectivity index (χ3n) is 3.28. The number of amides is 1. The normalized spacial score (nSPS) is 21.9. The summed E-state index contributed by atoms with van der Waals surface area (Å²) < 4.78 is 4.63. The van der Waals surface area contributed by atoms with Gasteiger partial charge in [0.25, 0.3) is 0 Å². The monoisotopic (exact) mass is 307 g/mol. The van der Waals surface area contributed by atoms with Crippen molar-refractivity contribution in [1.82, 2.24) is 25.5 Å². The van der Waals surface area contributed by atoms with Crippen molar-refractivity contribution in [3.8, 4) is 10.7 Å². The van der Waals surface area contributed by atoms with Gasteiger partial charge < -0.3 is 10.1 Å². The van der Waals surface area contributed by atoms with E-state index in [0.29, 0.717) is 18.7 Å². The van der Waals surface area contributed by atoms with Crippen LogP contribution >= 0.6 is 11.3 Å². The lowest BCUT2D eigenvalue weighted by Gasteiger charge is -2.26. The minimum absolute atomic E-state index is 0.299. The highest BCUT2D eigenvalue weighted by atomic mass is 32.1. The summed E-state index contributed by atoms with van der Waals surface area (Å²) in [4.78, 5) is 25.7. The molecule has 1 aliphatic heterocycles. The molecule has 8 nitrogen and oxygen atoms in total. The van der Waals surface area contributed by atoms with E-state index in [1.54, 1.807) is 0 Å².